The van der Waals surface area contributed by atoms with E-state index in [2.05, 4.69) is 21.9 Å². The molecule has 2 aliphatic carbocycles. The number of ether oxygens (including phenoxy) is 2. The van der Waals surface area contributed by atoms with Gasteiger partial charge in [0.25, 0.3) is 0 Å². The maximum Gasteiger partial charge on any atom is 0.155 e. The van der Waals surface area contributed by atoms with Crippen LogP contribution in [-0.2, 0) is 4.74 Å². The second-order valence-electron chi connectivity index (χ2n) is 6.80. The monoisotopic (exact) mass is 317 g/mol. The van der Waals surface area contributed by atoms with Crippen LogP contribution in [-0.4, -0.2) is 45.5 Å². The molecule has 1 unspecified atom stereocenters. The van der Waals surface area contributed by atoms with E-state index < -0.39 is 0 Å². The minimum absolute atomic E-state index is 0.0460. The standard InChI is InChI=1S/C16H19N3O2S/c1-20-12-6-13(22-15(12)18-2-4-21-5-3-18)19-10(9-17)7-16-8-11(16)14(16)19/h6,10-11,14H,2-5,7-8H2,1H3/t10-,11-,14?,16-/m0/s1. The second kappa shape index (κ2) is 4.30. The lowest BCUT2D eigenvalue weighted by molar-refractivity contribution is 0.123. The van der Waals surface area contributed by atoms with Crippen molar-refractivity contribution < 1.29 is 9.47 Å². The van der Waals surface area contributed by atoms with Gasteiger partial charge in [0.1, 0.15) is 11.0 Å². The summed E-state index contributed by atoms with van der Waals surface area (Å²) in [6.45, 7) is 3.37. The first-order valence-corrected chi connectivity index (χ1v) is 8.78. The summed E-state index contributed by atoms with van der Waals surface area (Å²) in [6.07, 6.45) is 2.40. The lowest BCUT2D eigenvalue weighted by Gasteiger charge is -2.28. The van der Waals surface area contributed by atoms with Gasteiger partial charge in [-0.2, -0.15) is 5.26 Å². The lowest BCUT2D eigenvalue weighted by atomic mass is 10.1. The molecule has 4 aliphatic rings. The number of piperidine rings is 1. The third kappa shape index (κ3) is 1.56. The molecule has 0 radical (unpaired) electrons. The molecular weight excluding hydrogens is 298 g/mol. The van der Waals surface area contributed by atoms with Crippen LogP contribution >= 0.6 is 11.3 Å². The van der Waals surface area contributed by atoms with Gasteiger partial charge in [-0.1, -0.05) is 11.3 Å². The Morgan fingerprint density at radius 2 is 2.23 bits per heavy atom. The van der Waals surface area contributed by atoms with Crippen LogP contribution in [0.2, 0.25) is 0 Å². The molecule has 2 saturated heterocycles. The zero-order valence-corrected chi connectivity index (χ0v) is 13.4. The van der Waals surface area contributed by atoms with Gasteiger partial charge in [0, 0.05) is 25.2 Å². The van der Waals surface area contributed by atoms with E-state index >= 15 is 0 Å². The molecule has 1 spiro atoms. The van der Waals surface area contributed by atoms with Crippen molar-refractivity contribution in [2.24, 2.45) is 11.3 Å². The molecule has 5 nitrogen and oxygen atoms in total. The van der Waals surface area contributed by atoms with Crippen molar-refractivity contribution in [2.75, 3.05) is 43.2 Å². The minimum atomic E-state index is 0.0460. The van der Waals surface area contributed by atoms with Crippen LogP contribution in [0.25, 0.3) is 0 Å². The number of thiophene rings is 1. The van der Waals surface area contributed by atoms with Crippen molar-refractivity contribution in [3.8, 4) is 11.8 Å². The van der Waals surface area contributed by atoms with E-state index in [-0.39, 0.29) is 6.04 Å². The Balaban J connectivity index is 1.48. The van der Waals surface area contributed by atoms with Crippen LogP contribution in [0.5, 0.6) is 5.75 Å². The van der Waals surface area contributed by atoms with Gasteiger partial charge in [-0.15, -0.1) is 0 Å². The van der Waals surface area contributed by atoms with Crippen LogP contribution in [0.1, 0.15) is 12.8 Å². The number of nitrogens with zero attached hydrogens (tertiary/aromatic N) is 3. The van der Waals surface area contributed by atoms with E-state index in [0.29, 0.717) is 11.5 Å². The quantitative estimate of drug-likeness (QED) is 0.854. The van der Waals surface area contributed by atoms with Gasteiger partial charge in [-0.05, 0) is 24.2 Å². The van der Waals surface area contributed by atoms with Crippen LogP contribution in [0.3, 0.4) is 0 Å². The molecule has 6 heteroatoms. The number of nitriles is 1. The number of rotatable bonds is 3. The molecule has 2 saturated carbocycles. The predicted molar refractivity (Wildman–Crippen MR) is 84.7 cm³/mol. The fraction of sp³-hybridized carbons (Fsp3) is 0.688. The maximum atomic E-state index is 9.51. The number of hydrogen-bond acceptors (Lipinski definition) is 6. The molecule has 0 N–H and O–H groups in total. The zero-order chi connectivity index (χ0) is 14.9. The molecule has 5 rings (SSSR count). The first-order valence-electron chi connectivity index (χ1n) is 7.97. The van der Waals surface area contributed by atoms with Crippen LogP contribution < -0.4 is 14.5 Å². The SMILES string of the molecule is COc1cc(N2C3[C@@H]4C[C@]34C[C@H]2C#N)sc1N1CCOCC1. The number of methoxy groups -OCH3 is 1. The van der Waals surface area contributed by atoms with E-state index in [9.17, 15) is 5.26 Å². The summed E-state index contributed by atoms with van der Waals surface area (Å²) in [7, 11) is 1.73. The molecular formula is C16H19N3O2S. The van der Waals surface area contributed by atoms with Gasteiger partial charge < -0.3 is 19.3 Å². The van der Waals surface area contributed by atoms with E-state index in [1.807, 2.05) is 0 Å². The highest BCUT2D eigenvalue weighted by atomic mass is 32.1. The summed E-state index contributed by atoms with van der Waals surface area (Å²) in [5.41, 5.74) is 0.511. The molecule has 0 aromatic carbocycles. The molecule has 116 valence electrons. The Morgan fingerprint density at radius 1 is 1.41 bits per heavy atom. The molecule has 22 heavy (non-hydrogen) atoms. The summed E-state index contributed by atoms with van der Waals surface area (Å²) < 4.78 is 11.1. The smallest absolute Gasteiger partial charge is 0.155 e. The molecule has 1 aromatic rings. The van der Waals surface area contributed by atoms with Gasteiger partial charge in [0.2, 0.25) is 0 Å². The highest BCUT2D eigenvalue weighted by Gasteiger charge is 2.84. The zero-order valence-electron chi connectivity index (χ0n) is 12.6. The van der Waals surface area contributed by atoms with Gasteiger partial charge >= 0.3 is 0 Å². The van der Waals surface area contributed by atoms with Crippen molar-refractivity contribution in [1.82, 2.24) is 0 Å². The second-order valence-corrected chi connectivity index (χ2v) is 7.81. The van der Waals surface area contributed by atoms with Crippen molar-refractivity contribution in [2.45, 2.75) is 24.9 Å². The van der Waals surface area contributed by atoms with Gasteiger partial charge in [0.05, 0.1) is 31.4 Å². The van der Waals surface area contributed by atoms with Gasteiger partial charge in [0.15, 0.2) is 5.75 Å². The first-order chi connectivity index (χ1) is 10.8. The first kappa shape index (κ1) is 13.0. The Hall–Kier alpha value is -1.45. The number of fused-ring (bicyclic) bond motifs is 1. The average Bonchev–Trinajstić information content (AvgIpc) is 3.29. The van der Waals surface area contributed by atoms with Crippen molar-refractivity contribution in [3.63, 3.8) is 0 Å². The van der Waals surface area contributed by atoms with Crippen molar-refractivity contribution in [1.29, 1.82) is 5.26 Å². The predicted octanol–water partition coefficient (Wildman–Crippen LogP) is 2.08. The minimum Gasteiger partial charge on any atom is -0.494 e. The number of anilines is 2. The van der Waals surface area contributed by atoms with Crippen LogP contribution in [0.15, 0.2) is 6.07 Å². The third-order valence-corrected chi connectivity index (χ3v) is 7.03. The van der Waals surface area contributed by atoms with Crippen molar-refractivity contribution in [3.05, 3.63) is 6.07 Å². The molecule has 3 heterocycles. The lowest BCUT2D eigenvalue weighted by Crippen LogP contribution is -2.35. The fourth-order valence-electron chi connectivity index (χ4n) is 4.47. The van der Waals surface area contributed by atoms with E-state index in [4.69, 9.17) is 9.47 Å². The Morgan fingerprint density at radius 3 is 2.91 bits per heavy atom. The van der Waals surface area contributed by atoms with Gasteiger partial charge in [-0.3, -0.25) is 0 Å². The molecule has 0 amide bonds. The highest BCUT2D eigenvalue weighted by Crippen LogP contribution is 2.83. The summed E-state index contributed by atoms with van der Waals surface area (Å²) in [5, 5.41) is 11.9. The summed E-state index contributed by atoms with van der Waals surface area (Å²) >= 11 is 1.78. The Bertz CT molecular complexity index is 663. The van der Waals surface area contributed by atoms with Crippen LogP contribution in [0.4, 0.5) is 10.0 Å². The Kier molecular flexibility index (Phi) is 2.55. The normalized spacial score (nSPS) is 38.3. The number of hydrogen-bond donors (Lipinski definition) is 0. The molecule has 4 fully saturated rings. The molecule has 0 bridgehead atoms. The third-order valence-electron chi connectivity index (χ3n) is 5.84. The summed E-state index contributed by atoms with van der Waals surface area (Å²) in [4.78, 5) is 4.72. The maximum absolute atomic E-state index is 9.51. The highest BCUT2D eigenvalue weighted by molar-refractivity contribution is 7.20. The summed E-state index contributed by atoms with van der Waals surface area (Å²) in [6, 6.07) is 5.31. The number of morpholine rings is 1. The van der Waals surface area contributed by atoms with E-state index in [0.717, 1.165) is 44.4 Å². The summed E-state index contributed by atoms with van der Waals surface area (Å²) in [5.74, 6) is 1.80. The van der Waals surface area contributed by atoms with Gasteiger partial charge in [-0.25, -0.2) is 0 Å². The van der Waals surface area contributed by atoms with Crippen molar-refractivity contribution >= 4 is 21.3 Å². The Labute approximate surface area is 134 Å². The molecule has 2 aliphatic heterocycles. The van der Waals surface area contributed by atoms with E-state index in [1.54, 1.807) is 18.4 Å². The molecule has 1 aromatic heterocycles. The topological polar surface area (TPSA) is 48.7 Å². The average molecular weight is 317 g/mol. The fourth-order valence-corrected chi connectivity index (χ4v) is 5.73. The van der Waals surface area contributed by atoms with Crippen LogP contribution in [0, 0.1) is 22.7 Å². The molecule has 4 atom stereocenters. The largest absolute Gasteiger partial charge is 0.494 e. The van der Waals surface area contributed by atoms with E-state index in [1.165, 1.54) is 16.4 Å².